The Morgan fingerprint density at radius 3 is 2.94 bits per heavy atom. The Labute approximate surface area is 183 Å². The van der Waals surface area contributed by atoms with E-state index in [1.165, 1.54) is 0 Å². The van der Waals surface area contributed by atoms with Gasteiger partial charge in [-0.3, -0.25) is 9.36 Å². The lowest BCUT2D eigenvalue weighted by Crippen LogP contribution is -2.40. The third-order valence-electron chi connectivity index (χ3n) is 4.66. The Bertz CT molecular complexity index is 1050. The highest BCUT2D eigenvalue weighted by Gasteiger charge is 2.20. The zero-order chi connectivity index (χ0) is 21.6. The number of carbonyl (C=O) groups excluding carboxylic acids is 1. The number of aromatic nitrogens is 4. The monoisotopic (exact) mass is 443 g/mol. The number of halogens is 1. The number of imidazole rings is 1. The van der Waals surface area contributed by atoms with Crippen LogP contribution < -0.4 is 25.8 Å². The fourth-order valence-corrected chi connectivity index (χ4v) is 3.28. The van der Waals surface area contributed by atoms with Crippen LogP contribution in [0.25, 0.3) is 5.95 Å². The van der Waals surface area contributed by atoms with Crippen LogP contribution in [0.4, 0.5) is 5.82 Å². The van der Waals surface area contributed by atoms with Crippen molar-refractivity contribution in [3.8, 4) is 17.4 Å². The molecule has 0 saturated heterocycles. The lowest BCUT2D eigenvalue weighted by atomic mass is 10.1. The Morgan fingerprint density at radius 2 is 2.13 bits per heavy atom. The van der Waals surface area contributed by atoms with Gasteiger partial charge in [0, 0.05) is 25.0 Å². The summed E-state index contributed by atoms with van der Waals surface area (Å²) in [7, 11) is 0. The van der Waals surface area contributed by atoms with Crippen LogP contribution >= 0.6 is 11.6 Å². The van der Waals surface area contributed by atoms with E-state index in [-0.39, 0.29) is 17.9 Å². The highest BCUT2D eigenvalue weighted by atomic mass is 35.5. The first-order chi connectivity index (χ1) is 15.1. The van der Waals surface area contributed by atoms with E-state index in [1.54, 1.807) is 29.4 Å². The zero-order valence-corrected chi connectivity index (χ0v) is 17.4. The van der Waals surface area contributed by atoms with Crippen molar-refractivity contribution < 1.29 is 14.3 Å². The first-order valence-electron chi connectivity index (χ1n) is 9.78. The van der Waals surface area contributed by atoms with Crippen molar-refractivity contribution >= 4 is 23.3 Å². The molecule has 0 fully saturated rings. The number of rotatable bonds is 9. The summed E-state index contributed by atoms with van der Waals surface area (Å²) >= 11 is 6.15. The van der Waals surface area contributed by atoms with E-state index in [1.807, 2.05) is 18.2 Å². The standard InChI is InChI=1S/C20H22ClN7O3/c21-17-9-18(27-20(26-17)28-7-6-23-11-28)25-14(2-1-5-22)19(29)24-10-13-3-4-15-16(8-13)31-12-30-15/h3-4,6-9,11,14H,1-2,5,10,12,22H2,(H,24,29)(H,25,26,27). The van der Waals surface area contributed by atoms with Gasteiger partial charge < -0.3 is 25.8 Å². The first-order valence-corrected chi connectivity index (χ1v) is 10.2. The van der Waals surface area contributed by atoms with Crippen LogP contribution in [0.3, 0.4) is 0 Å². The fourth-order valence-electron chi connectivity index (χ4n) is 3.11. The number of nitrogens with zero attached hydrogens (tertiary/aromatic N) is 4. The molecule has 4 rings (SSSR count). The number of benzene rings is 1. The molecule has 162 valence electrons. The largest absolute Gasteiger partial charge is 0.454 e. The van der Waals surface area contributed by atoms with Gasteiger partial charge in [0.1, 0.15) is 23.3 Å². The molecule has 0 spiro atoms. The average Bonchev–Trinajstić information content (AvgIpc) is 3.46. The van der Waals surface area contributed by atoms with Crippen molar-refractivity contribution in [2.45, 2.75) is 25.4 Å². The van der Waals surface area contributed by atoms with E-state index < -0.39 is 6.04 Å². The predicted octanol–water partition coefficient (Wildman–Crippen LogP) is 1.88. The van der Waals surface area contributed by atoms with Gasteiger partial charge in [-0.15, -0.1) is 0 Å². The molecule has 3 heterocycles. The van der Waals surface area contributed by atoms with E-state index in [2.05, 4.69) is 25.6 Å². The summed E-state index contributed by atoms with van der Waals surface area (Å²) in [4.78, 5) is 25.5. The molecule has 3 aromatic rings. The SMILES string of the molecule is NCCCC(Nc1cc(Cl)nc(-n2ccnc2)n1)C(=O)NCc1ccc2c(c1)OCO2. The van der Waals surface area contributed by atoms with Gasteiger partial charge in [-0.05, 0) is 37.1 Å². The lowest BCUT2D eigenvalue weighted by molar-refractivity contribution is -0.122. The maximum Gasteiger partial charge on any atom is 0.242 e. The molecule has 2 aromatic heterocycles. The lowest BCUT2D eigenvalue weighted by Gasteiger charge is -2.19. The van der Waals surface area contributed by atoms with Gasteiger partial charge in [-0.25, -0.2) is 9.97 Å². The Hall–Kier alpha value is -3.37. The van der Waals surface area contributed by atoms with Crippen LogP contribution in [0.5, 0.6) is 11.5 Å². The smallest absolute Gasteiger partial charge is 0.242 e. The molecule has 0 radical (unpaired) electrons. The van der Waals surface area contributed by atoms with E-state index in [0.29, 0.717) is 49.2 Å². The second-order valence-corrected chi connectivity index (χ2v) is 7.27. The molecular weight excluding hydrogens is 422 g/mol. The van der Waals surface area contributed by atoms with Crippen LogP contribution in [0, 0.1) is 0 Å². The van der Waals surface area contributed by atoms with Gasteiger partial charge in [-0.2, -0.15) is 4.98 Å². The van der Waals surface area contributed by atoms with Crippen molar-refractivity contribution in [1.82, 2.24) is 24.8 Å². The molecule has 1 amide bonds. The Balaban J connectivity index is 1.45. The van der Waals surface area contributed by atoms with E-state index in [0.717, 1.165) is 5.56 Å². The molecule has 11 heteroatoms. The van der Waals surface area contributed by atoms with Crippen molar-refractivity contribution in [2.24, 2.45) is 5.73 Å². The summed E-state index contributed by atoms with van der Waals surface area (Å²) in [6.07, 6.45) is 6.09. The van der Waals surface area contributed by atoms with Crippen LogP contribution in [-0.2, 0) is 11.3 Å². The highest BCUT2D eigenvalue weighted by molar-refractivity contribution is 6.29. The summed E-state index contributed by atoms with van der Waals surface area (Å²) in [5.41, 5.74) is 6.56. The quantitative estimate of drug-likeness (QED) is 0.427. The highest BCUT2D eigenvalue weighted by Crippen LogP contribution is 2.32. The molecular formula is C20H22ClN7O3. The fraction of sp³-hybridized carbons (Fsp3) is 0.300. The van der Waals surface area contributed by atoms with Crippen molar-refractivity contribution in [2.75, 3.05) is 18.7 Å². The third kappa shape index (κ3) is 5.22. The number of nitrogens with two attached hydrogens (primary N) is 1. The van der Waals surface area contributed by atoms with Gasteiger partial charge >= 0.3 is 0 Å². The Kier molecular flexibility index (Phi) is 6.48. The number of ether oxygens (including phenoxy) is 2. The number of carbonyl (C=O) groups is 1. The second kappa shape index (κ2) is 9.63. The van der Waals surface area contributed by atoms with Gasteiger partial charge in [-0.1, -0.05) is 17.7 Å². The molecule has 31 heavy (non-hydrogen) atoms. The van der Waals surface area contributed by atoms with E-state index >= 15 is 0 Å². The molecule has 0 aliphatic carbocycles. The molecule has 0 saturated carbocycles. The minimum atomic E-state index is -0.542. The number of hydrogen-bond donors (Lipinski definition) is 3. The zero-order valence-electron chi connectivity index (χ0n) is 16.6. The van der Waals surface area contributed by atoms with Gasteiger partial charge in [0.15, 0.2) is 11.5 Å². The molecule has 1 atom stereocenters. The van der Waals surface area contributed by atoms with E-state index in [4.69, 9.17) is 26.8 Å². The van der Waals surface area contributed by atoms with Gasteiger partial charge in [0.2, 0.25) is 18.6 Å². The number of nitrogens with one attached hydrogen (secondary N) is 2. The van der Waals surface area contributed by atoms with Crippen LogP contribution in [-0.4, -0.2) is 44.8 Å². The third-order valence-corrected chi connectivity index (χ3v) is 4.85. The number of hydrogen-bond acceptors (Lipinski definition) is 8. The summed E-state index contributed by atoms with van der Waals surface area (Å²) < 4.78 is 12.3. The molecule has 10 nitrogen and oxygen atoms in total. The number of fused-ring (bicyclic) bond motifs is 1. The predicted molar refractivity (Wildman–Crippen MR) is 114 cm³/mol. The Morgan fingerprint density at radius 1 is 1.26 bits per heavy atom. The summed E-state index contributed by atoms with van der Waals surface area (Å²) in [6, 6.07) is 6.60. The minimum Gasteiger partial charge on any atom is -0.454 e. The molecule has 1 aliphatic rings. The van der Waals surface area contributed by atoms with E-state index in [9.17, 15) is 4.79 Å². The summed E-state index contributed by atoms with van der Waals surface area (Å²) in [5.74, 6) is 1.99. The van der Waals surface area contributed by atoms with Crippen LogP contribution in [0.2, 0.25) is 5.15 Å². The van der Waals surface area contributed by atoms with Crippen LogP contribution in [0.1, 0.15) is 18.4 Å². The molecule has 1 aromatic carbocycles. The second-order valence-electron chi connectivity index (χ2n) is 6.88. The summed E-state index contributed by atoms with van der Waals surface area (Å²) in [6.45, 7) is 1.03. The summed E-state index contributed by atoms with van der Waals surface area (Å²) in [5, 5.41) is 6.35. The maximum absolute atomic E-state index is 12.9. The molecule has 1 aliphatic heterocycles. The molecule has 4 N–H and O–H groups in total. The molecule has 0 bridgehead atoms. The maximum atomic E-state index is 12.9. The van der Waals surface area contributed by atoms with Crippen molar-refractivity contribution in [1.29, 1.82) is 0 Å². The average molecular weight is 444 g/mol. The normalized spacial score (nSPS) is 13.1. The van der Waals surface area contributed by atoms with Crippen molar-refractivity contribution in [3.63, 3.8) is 0 Å². The van der Waals surface area contributed by atoms with Gasteiger partial charge in [0.25, 0.3) is 0 Å². The van der Waals surface area contributed by atoms with Crippen LogP contribution in [0.15, 0.2) is 43.0 Å². The minimum absolute atomic E-state index is 0.176. The number of amides is 1. The molecule has 1 unspecified atom stereocenters. The van der Waals surface area contributed by atoms with Gasteiger partial charge in [0.05, 0.1) is 0 Å². The number of anilines is 1. The first kappa shape index (κ1) is 20.9. The topological polar surface area (TPSA) is 129 Å². The van der Waals surface area contributed by atoms with Crippen molar-refractivity contribution in [3.05, 3.63) is 53.7 Å².